The first-order valence-electron chi connectivity index (χ1n) is 10.6. The van der Waals surface area contributed by atoms with E-state index in [4.69, 9.17) is 21.1 Å². The monoisotopic (exact) mass is 480 g/mol. The number of sulfonamides is 1. The summed E-state index contributed by atoms with van der Waals surface area (Å²) in [6.07, 6.45) is 3.65. The maximum atomic E-state index is 13.2. The molecule has 1 atom stereocenters. The Labute approximate surface area is 194 Å². The zero-order valence-corrected chi connectivity index (χ0v) is 20.1. The SMILES string of the molecule is COc1ccc(OC)c([C@@H](C)NC(=O)c2ccc(Cl)c(S(=O)(=O)N3CCCCCC3)c2)c1. The van der Waals surface area contributed by atoms with Gasteiger partial charge in [-0.2, -0.15) is 4.31 Å². The Kier molecular flexibility index (Phi) is 8.03. The Bertz CT molecular complexity index is 1070. The van der Waals surface area contributed by atoms with Gasteiger partial charge in [0.05, 0.1) is 25.3 Å². The predicted molar refractivity (Wildman–Crippen MR) is 124 cm³/mol. The van der Waals surface area contributed by atoms with Crippen molar-refractivity contribution in [2.24, 2.45) is 0 Å². The predicted octanol–water partition coefficient (Wildman–Crippen LogP) is 4.41. The average Bonchev–Trinajstić information content (AvgIpc) is 3.09. The standard InChI is InChI=1S/C23H29ClN2O5S/c1-16(19-15-18(30-2)9-11-21(19)31-3)25-23(27)17-8-10-20(24)22(14-17)32(28,29)26-12-6-4-5-7-13-26/h8-11,14-16H,4-7,12-13H2,1-3H3,(H,25,27)/t16-/m1/s1. The number of hydrogen-bond donors (Lipinski definition) is 1. The number of amides is 1. The highest BCUT2D eigenvalue weighted by molar-refractivity contribution is 7.89. The molecule has 7 nitrogen and oxygen atoms in total. The number of halogens is 1. The number of rotatable bonds is 7. The smallest absolute Gasteiger partial charge is 0.251 e. The van der Waals surface area contributed by atoms with Crippen molar-refractivity contribution >= 4 is 27.5 Å². The number of methoxy groups -OCH3 is 2. The molecular weight excluding hydrogens is 452 g/mol. The van der Waals surface area contributed by atoms with E-state index >= 15 is 0 Å². The number of carbonyl (C=O) groups is 1. The Morgan fingerprint density at radius 2 is 1.72 bits per heavy atom. The number of nitrogens with zero attached hydrogens (tertiary/aromatic N) is 1. The fourth-order valence-corrected chi connectivity index (χ4v) is 5.82. The van der Waals surface area contributed by atoms with Crippen molar-refractivity contribution in [3.63, 3.8) is 0 Å². The third-order valence-electron chi connectivity index (χ3n) is 5.63. The van der Waals surface area contributed by atoms with Crippen LogP contribution >= 0.6 is 11.6 Å². The Hall–Kier alpha value is -2.29. The quantitative estimate of drug-likeness (QED) is 0.634. The van der Waals surface area contributed by atoms with Gasteiger partial charge in [0.25, 0.3) is 5.91 Å². The summed E-state index contributed by atoms with van der Waals surface area (Å²) in [5, 5.41) is 3.01. The summed E-state index contributed by atoms with van der Waals surface area (Å²) in [6, 6.07) is 9.26. The lowest BCUT2D eigenvalue weighted by atomic mass is 10.1. The minimum atomic E-state index is -3.79. The molecule has 174 valence electrons. The van der Waals surface area contributed by atoms with Gasteiger partial charge in [-0.15, -0.1) is 0 Å². The largest absolute Gasteiger partial charge is 0.497 e. The zero-order valence-electron chi connectivity index (χ0n) is 18.6. The van der Waals surface area contributed by atoms with Crippen molar-refractivity contribution in [2.75, 3.05) is 27.3 Å². The molecule has 0 radical (unpaired) electrons. The number of hydrogen-bond acceptors (Lipinski definition) is 5. The number of benzene rings is 2. The van der Waals surface area contributed by atoms with E-state index in [9.17, 15) is 13.2 Å². The molecule has 2 aromatic rings. The van der Waals surface area contributed by atoms with Crippen molar-refractivity contribution in [1.29, 1.82) is 0 Å². The van der Waals surface area contributed by atoms with Crippen LogP contribution in [0.15, 0.2) is 41.3 Å². The summed E-state index contributed by atoms with van der Waals surface area (Å²) >= 11 is 6.25. The van der Waals surface area contributed by atoms with Gasteiger partial charge in [0.15, 0.2) is 0 Å². The van der Waals surface area contributed by atoms with E-state index in [1.165, 1.54) is 22.5 Å². The van der Waals surface area contributed by atoms with Crippen LogP contribution in [0.3, 0.4) is 0 Å². The summed E-state index contributed by atoms with van der Waals surface area (Å²) in [5.41, 5.74) is 0.961. The molecule has 0 unspecified atom stereocenters. The first kappa shape index (κ1) is 24.4. The molecule has 0 bridgehead atoms. The minimum Gasteiger partial charge on any atom is -0.497 e. The van der Waals surface area contributed by atoms with E-state index in [0.717, 1.165) is 31.2 Å². The van der Waals surface area contributed by atoms with Gasteiger partial charge in [-0.25, -0.2) is 8.42 Å². The van der Waals surface area contributed by atoms with Crippen LogP contribution in [0.4, 0.5) is 0 Å². The van der Waals surface area contributed by atoms with E-state index in [1.54, 1.807) is 32.4 Å². The Morgan fingerprint density at radius 1 is 1.03 bits per heavy atom. The second-order valence-electron chi connectivity index (χ2n) is 7.77. The normalized spacial score (nSPS) is 16.1. The van der Waals surface area contributed by atoms with Gasteiger partial charge in [0, 0.05) is 24.2 Å². The summed E-state index contributed by atoms with van der Waals surface area (Å²) in [4.78, 5) is 12.9. The molecule has 3 rings (SSSR count). The van der Waals surface area contributed by atoms with Crippen molar-refractivity contribution in [1.82, 2.24) is 9.62 Å². The van der Waals surface area contributed by atoms with E-state index in [1.807, 2.05) is 6.92 Å². The second-order valence-corrected chi connectivity index (χ2v) is 10.1. The number of ether oxygens (including phenoxy) is 2. The molecule has 1 amide bonds. The summed E-state index contributed by atoms with van der Waals surface area (Å²) in [6.45, 7) is 2.74. The van der Waals surface area contributed by atoms with Gasteiger partial charge in [-0.05, 0) is 56.2 Å². The molecule has 2 aromatic carbocycles. The molecule has 0 aromatic heterocycles. The molecule has 32 heavy (non-hydrogen) atoms. The van der Waals surface area contributed by atoms with Crippen molar-refractivity contribution in [3.05, 3.63) is 52.5 Å². The van der Waals surface area contributed by atoms with E-state index in [-0.39, 0.29) is 15.5 Å². The molecule has 0 spiro atoms. The summed E-state index contributed by atoms with van der Waals surface area (Å²) < 4.78 is 38.6. The van der Waals surface area contributed by atoms with Crippen LogP contribution in [0.2, 0.25) is 5.02 Å². The van der Waals surface area contributed by atoms with Gasteiger partial charge >= 0.3 is 0 Å². The highest BCUT2D eigenvalue weighted by Crippen LogP contribution is 2.31. The Morgan fingerprint density at radius 3 is 2.34 bits per heavy atom. The van der Waals surface area contributed by atoms with Crippen LogP contribution in [0.5, 0.6) is 11.5 Å². The summed E-state index contributed by atoms with van der Waals surface area (Å²) in [5.74, 6) is 0.838. The topological polar surface area (TPSA) is 84.9 Å². The molecular formula is C23H29ClN2O5S. The van der Waals surface area contributed by atoms with Crippen molar-refractivity contribution < 1.29 is 22.7 Å². The maximum Gasteiger partial charge on any atom is 0.251 e. The number of carbonyl (C=O) groups excluding carboxylic acids is 1. The van der Waals surface area contributed by atoms with Crippen LogP contribution in [-0.2, 0) is 10.0 Å². The summed E-state index contributed by atoms with van der Waals surface area (Å²) in [7, 11) is -0.669. The molecule has 9 heteroatoms. The minimum absolute atomic E-state index is 0.0414. The van der Waals surface area contributed by atoms with Crippen LogP contribution in [0.25, 0.3) is 0 Å². The van der Waals surface area contributed by atoms with Gasteiger partial charge in [-0.3, -0.25) is 4.79 Å². The van der Waals surface area contributed by atoms with E-state index < -0.39 is 22.0 Å². The number of nitrogens with one attached hydrogen (secondary N) is 1. The molecule has 1 saturated heterocycles. The molecule has 1 fully saturated rings. The fraction of sp³-hybridized carbons (Fsp3) is 0.435. The molecule has 1 aliphatic rings. The average molecular weight is 481 g/mol. The second kappa shape index (κ2) is 10.6. The van der Waals surface area contributed by atoms with Gasteiger partial charge < -0.3 is 14.8 Å². The Balaban J connectivity index is 1.85. The van der Waals surface area contributed by atoms with E-state index in [0.29, 0.717) is 24.6 Å². The first-order chi connectivity index (χ1) is 15.3. The highest BCUT2D eigenvalue weighted by atomic mass is 35.5. The molecule has 1 heterocycles. The highest BCUT2D eigenvalue weighted by Gasteiger charge is 2.28. The molecule has 0 aliphatic carbocycles. The third kappa shape index (κ3) is 5.36. The fourth-order valence-electron chi connectivity index (χ4n) is 3.80. The molecule has 0 saturated carbocycles. The van der Waals surface area contributed by atoms with Gasteiger partial charge in [0.2, 0.25) is 10.0 Å². The first-order valence-corrected chi connectivity index (χ1v) is 12.4. The molecule has 1 N–H and O–H groups in total. The molecule has 1 aliphatic heterocycles. The van der Waals surface area contributed by atoms with Crippen molar-refractivity contribution in [2.45, 2.75) is 43.5 Å². The van der Waals surface area contributed by atoms with Crippen LogP contribution in [-0.4, -0.2) is 45.9 Å². The van der Waals surface area contributed by atoms with Gasteiger partial charge in [0.1, 0.15) is 16.4 Å². The maximum absolute atomic E-state index is 13.2. The van der Waals surface area contributed by atoms with Crippen LogP contribution in [0.1, 0.15) is 54.6 Å². The zero-order chi connectivity index (χ0) is 23.3. The van der Waals surface area contributed by atoms with Gasteiger partial charge in [-0.1, -0.05) is 24.4 Å². The van der Waals surface area contributed by atoms with Crippen LogP contribution in [0, 0.1) is 0 Å². The van der Waals surface area contributed by atoms with Crippen molar-refractivity contribution in [3.8, 4) is 11.5 Å². The van der Waals surface area contributed by atoms with Crippen LogP contribution < -0.4 is 14.8 Å². The van der Waals surface area contributed by atoms with E-state index in [2.05, 4.69) is 5.32 Å². The lowest BCUT2D eigenvalue weighted by Crippen LogP contribution is -2.32. The lowest BCUT2D eigenvalue weighted by molar-refractivity contribution is 0.0939. The lowest BCUT2D eigenvalue weighted by Gasteiger charge is -2.21. The third-order valence-corrected chi connectivity index (χ3v) is 8.01.